The molecule has 1 fully saturated rings. The fourth-order valence-corrected chi connectivity index (χ4v) is 3.37. The molecule has 0 saturated heterocycles. The van der Waals surface area contributed by atoms with Crippen molar-refractivity contribution >= 4 is 0 Å². The van der Waals surface area contributed by atoms with E-state index in [0.717, 1.165) is 18.0 Å². The molecule has 0 aromatic heterocycles. The van der Waals surface area contributed by atoms with Gasteiger partial charge in [-0.15, -0.1) is 0 Å². The van der Waals surface area contributed by atoms with Gasteiger partial charge in [0.05, 0.1) is 14.2 Å². The van der Waals surface area contributed by atoms with Crippen LogP contribution in [0.5, 0.6) is 11.5 Å². The monoisotopic (exact) mass is 263 g/mol. The Morgan fingerprint density at radius 3 is 2.32 bits per heavy atom. The van der Waals surface area contributed by atoms with Crippen molar-refractivity contribution in [2.75, 3.05) is 20.8 Å². The number of rotatable bonds is 5. The van der Waals surface area contributed by atoms with Gasteiger partial charge in [-0.1, -0.05) is 19.9 Å². The quantitative estimate of drug-likeness (QED) is 0.885. The van der Waals surface area contributed by atoms with E-state index in [4.69, 9.17) is 9.47 Å². The van der Waals surface area contributed by atoms with E-state index in [-0.39, 0.29) is 0 Å². The lowest BCUT2D eigenvalue weighted by atomic mass is 9.87. The van der Waals surface area contributed by atoms with Crippen LogP contribution < -0.4 is 14.8 Å². The van der Waals surface area contributed by atoms with Crippen LogP contribution in [0.2, 0.25) is 0 Å². The molecule has 3 heteroatoms. The van der Waals surface area contributed by atoms with Crippen molar-refractivity contribution in [3.8, 4) is 11.5 Å². The van der Waals surface area contributed by atoms with Crippen molar-refractivity contribution in [3.63, 3.8) is 0 Å². The van der Waals surface area contributed by atoms with Crippen LogP contribution >= 0.6 is 0 Å². The standard InChI is InChI=1S/C16H25NO2/c1-5-17-13-10-9-12(11(13)2)16-14(18-3)7-6-8-15(16)19-4/h6-8,11-13,17H,5,9-10H2,1-4H3. The maximum Gasteiger partial charge on any atom is 0.126 e. The summed E-state index contributed by atoms with van der Waals surface area (Å²) < 4.78 is 11.1. The van der Waals surface area contributed by atoms with Gasteiger partial charge in [0.1, 0.15) is 11.5 Å². The van der Waals surface area contributed by atoms with E-state index in [1.807, 2.05) is 18.2 Å². The van der Waals surface area contributed by atoms with Crippen LogP contribution in [0.1, 0.15) is 38.2 Å². The molecular weight excluding hydrogens is 238 g/mol. The summed E-state index contributed by atoms with van der Waals surface area (Å²) in [6.45, 7) is 5.53. The van der Waals surface area contributed by atoms with Crippen LogP contribution in [-0.4, -0.2) is 26.8 Å². The SMILES string of the molecule is CCNC1CCC(c2c(OC)cccc2OC)C1C. The zero-order valence-electron chi connectivity index (χ0n) is 12.4. The topological polar surface area (TPSA) is 30.5 Å². The van der Waals surface area contributed by atoms with E-state index < -0.39 is 0 Å². The summed E-state index contributed by atoms with van der Waals surface area (Å²) in [6.07, 6.45) is 2.41. The predicted octanol–water partition coefficient (Wildman–Crippen LogP) is 3.20. The molecule has 0 spiro atoms. The van der Waals surface area contributed by atoms with Gasteiger partial charge >= 0.3 is 0 Å². The van der Waals surface area contributed by atoms with E-state index in [9.17, 15) is 0 Å². The number of nitrogens with one attached hydrogen (secondary N) is 1. The molecule has 0 bridgehead atoms. The van der Waals surface area contributed by atoms with Crippen molar-refractivity contribution in [1.82, 2.24) is 5.32 Å². The molecule has 0 heterocycles. The molecule has 1 aliphatic carbocycles. The second kappa shape index (κ2) is 6.29. The molecular formula is C16H25NO2. The van der Waals surface area contributed by atoms with Gasteiger partial charge < -0.3 is 14.8 Å². The molecule has 19 heavy (non-hydrogen) atoms. The number of hydrogen-bond donors (Lipinski definition) is 1. The highest BCUT2D eigenvalue weighted by Gasteiger charge is 2.36. The molecule has 106 valence electrons. The second-order valence-electron chi connectivity index (χ2n) is 5.28. The smallest absolute Gasteiger partial charge is 0.126 e. The Bertz CT molecular complexity index is 397. The van der Waals surface area contributed by atoms with E-state index in [1.165, 1.54) is 18.4 Å². The summed E-state index contributed by atoms with van der Waals surface area (Å²) in [5, 5.41) is 3.59. The van der Waals surface area contributed by atoms with Crippen molar-refractivity contribution in [2.45, 2.75) is 38.6 Å². The van der Waals surface area contributed by atoms with Crippen molar-refractivity contribution in [1.29, 1.82) is 0 Å². The lowest BCUT2D eigenvalue weighted by molar-refractivity contribution is 0.359. The minimum atomic E-state index is 0.509. The number of benzene rings is 1. The third-order valence-electron chi connectivity index (χ3n) is 4.36. The normalized spacial score (nSPS) is 26.4. The van der Waals surface area contributed by atoms with Gasteiger partial charge in [-0.25, -0.2) is 0 Å². The average Bonchev–Trinajstić information content (AvgIpc) is 2.79. The highest BCUT2D eigenvalue weighted by Crippen LogP contribution is 2.46. The number of hydrogen-bond acceptors (Lipinski definition) is 3. The Morgan fingerprint density at radius 1 is 1.16 bits per heavy atom. The molecule has 3 atom stereocenters. The highest BCUT2D eigenvalue weighted by molar-refractivity contribution is 5.48. The summed E-state index contributed by atoms with van der Waals surface area (Å²) in [7, 11) is 3.47. The predicted molar refractivity (Wildman–Crippen MR) is 78.1 cm³/mol. The molecule has 2 rings (SSSR count). The van der Waals surface area contributed by atoms with Crippen LogP contribution in [0, 0.1) is 5.92 Å². The zero-order chi connectivity index (χ0) is 13.8. The number of ether oxygens (including phenoxy) is 2. The Balaban J connectivity index is 2.31. The molecule has 1 aromatic rings. The first-order chi connectivity index (χ1) is 9.22. The molecule has 1 aliphatic rings. The van der Waals surface area contributed by atoms with Gasteiger partial charge in [0.25, 0.3) is 0 Å². The maximum atomic E-state index is 5.54. The fraction of sp³-hybridized carbons (Fsp3) is 0.625. The van der Waals surface area contributed by atoms with Crippen molar-refractivity contribution < 1.29 is 9.47 Å². The summed E-state index contributed by atoms with van der Waals surface area (Å²) in [5.74, 6) is 3.02. The summed E-state index contributed by atoms with van der Waals surface area (Å²) >= 11 is 0. The second-order valence-corrected chi connectivity index (χ2v) is 5.28. The van der Waals surface area contributed by atoms with E-state index in [1.54, 1.807) is 14.2 Å². The van der Waals surface area contributed by atoms with Gasteiger partial charge in [-0.3, -0.25) is 0 Å². The van der Waals surface area contributed by atoms with Crippen molar-refractivity contribution in [3.05, 3.63) is 23.8 Å². The molecule has 0 radical (unpaired) electrons. The molecule has 1 aromatic carbocycles. The third-order valence-corrected chi connectivity index (χ3v) is 4.36. The fourth-order valence-electron chi connectivity index (χ4n) is 3.37. The Morgan fingerprint density at radius 2 is 1.79 bits per heavy atom. The summed E-state index contributed by atoms with van der Waals surface area (Å²) in [5.41, 5.74) is 1.24. The first kappa shape index (κ1) is 14.2. The van der Waals surface area contributed by atoms with Crippen LogP contribution in [0.4, 0.5) is 0 Å². The minimum Gasteiger partial charge on any atom is -0.496 e. The van der Waals surface area contributed by atoms with Gasteiger partial charge in [0, 0.05) is 11.6 Å². The number of methoxy groups -OCH3 is 2. The van der Waals surface area contributed by atoms with Crippen molar-refractivity contribution in [2.24, 2.45) is 5.92 Å². The lowest BCUT2D eigenvalue weighted by Crippen LogP contribution is -2.32. The van der Waals surface area contributed by atoms with Gasteiger partial charge in [0.2, 0.25) is 0 Å². The molecule has 0 aliphatic heterocycles. The molecule has 1 N–H and O–H groups in total. The average molecular weight is 263 g/mol. The summed E-state index contributed by atoms with van der Waals surface area (Å²) in [4.78, 5) is 0. The Hall–Kier alpha value is -1.22. The molecule has 3 nitrogen and oxygen atoms in total. The first-order valence-electron chi connectivity index (χ1n) is 7.17. The summed E-state index contributed by atoms with van der Waals surface area (Å²) in [6, 6.07) is 6.66. The maximum absolute atomic E-state index is 5.54. The largest absolute Gasteiger partial charge is 0.496 e. The van der Waals surface area contributed by atoms with Crippen LogP contribution in [0.3, 0.4) is 0 Å². The minimum absolute atomic E-state index is 0.509. The van der Waals surface area contributed by atoms with Crippen LogP contribution in [0.15, 0.2) is 18.2 Å². The van der Waals surface area contributed by atoms with Crippen LogP contribution in [0.25, 0.3) is 0 Å². The van der Waals surface area contributed by atoms with E-state index >= 15 is 0 Å². The third kappa shape index (κ3) is 2.71. The van der Waals surface area contributed by atoms with Gasteiger partial charge in [0.15, 0.2) is 0 Å². The molecule has 0 amide bonds. The first-order valence-corrected chi connectivity index (χ1v) is 7.17. The van der Waals surface area contributed by atoms with Gasteiger partial charge in [-0.05, 0) is 43.4 Å². The Kier molecular flexibility index (Phi) is 4.70. The molecule has 1 saturated carbocycles. The van der Waals surface area contributed by atoms with Gasteiger partial charge in [-0.2, -0.15) is 0 Å². The Labute approximate surface area is 116 Å². The molecule has 3 unspecified atom stereocenters. The lowest BCUT2D eigenvalue weighted by Gasteiger charge is -2.24. The van der Waals surface area contributed by atoms with Crippen LogP contribution in [-0.2, 0) is 0 Å². The van der Waals surface area contributed by atoms with E-state index in [0.29, 0.717) is 17.9 Å². The van der Waals surface area contributed by atoms with E-state index in [2.05, 4.69) is 19.2 Å². The zero-order valence-corrected chi connectivity index (χ0v) is 12.4. The highest BCUT2D eigenvalue weighted by atomic mass is 16.5.